The van der Waals surface area contributed by atoms with Gasteiger partial charge in [0.15, 0.2) is 0 Å². The highest BCUT2D eigenvalue weighted by Crippen LogP contribution is 2.09. The second kappa shape index (κ2) is 7.22. The molecule has 1 atom stereocenters. The van der Waals surface area contributed by atoms with E-state index in [0.29, 0.717) is 6.42 Å². The number of carbonyl (C=O) groups is 1. The first-order valence-electron chi connectivity index (χ1n) is 7.11. The molecule has 0 aromatic rings. The largest absolute Gasteiger partial charge is 0.460 e. The van der Waals surface area contributed by atoms with Crippen LogP contribution in [0.4, 0.5) is 0 Å². The summed E-state index contributed by atoms with van der Waals surface area (Å²) in [4.78, 5) is 16.2. The summed E-state index contributed by atoms with van der Waals surface area (Å²) >= 11 is 0. The normalized spacial score (nSPS) is 20.3. The fourth-order valence-electron chi connectivity index (χ4n) is 2.21. The highest BCUT2D eigenvalue weighted by Gasteiger charge is 2.20. The quantitative estimate of drug-likeness (QED) is 0.747. The van der Waals surface area contributed by atoms with E-state index >= 15 is 0 Å². The fraction of sp³-hybridized carbons (Fsp3) is 0.929. The van der Waals surface area contributed by atoms with Gasteiger partial charge in [0, 0.05) is 39.3 Å². The summed E-state index contributed by atoms with van der Waals surface area (Å²) in [5, 5.41) is 9.34. The number of rotatable bonds is 5. The Bertz CT molecular complexity index is 279. The molecule has 1 heterocycles. The van der Waals surface area contributed by atoms with Gasteiger partial charge in [0.05, 0.1) is 12.5 Å². The third kappa shape index (κ3) is 7.50. The van der Waals surface area contributed by atoms with Gasteiger partial charge in [-0.3, -0.25) is 9.69 Å². The van der Waals surface area contributed by atoms with Gasteiger partial charge in [0.2, 0.25) is 0 Å². The molecule has 0 spiro atoms. The summed E-state index contributed by atoms with van der Waals surface area (Å²) in [5.41, 5.74) is -0.396. The molecule has 0 aliphatic carbocycles. The predicted molar refractivity (Wildman–Crippen MR) is 75.0 cm³/mol. The molecule has 0 aromatic heterocycles. The Morgan fingerprint density at radius 3 is 2.21 bits per heavy atom. The van der Waals surface area contributed by atoms with Crippen LogP contribution in [0, 0.1) is 0 Å². The maximum absolute atomic E-state index is 11.6. The van der Waals surface area contributed by atoms with Crippen LogP contribution in [0.15, 0.2) is 0 Å². The van der Waals surface area contributed by atoms with Crippen molar-refractivity contribution < 1.29 is 14.6 Å². The number of hydrogen-bond acceptors (Lipinski definition) is 5. The Morgan fingerprint density at radius 1 is 1.21 bits per heavy atom. The van der Waals surface area contributed by atoms with E-state index in [-0.39, 0.29) is 12.1 Å². The van der Waals surface area contributed by atoms with Gasteiger partial charge in [-0.25, -0.2) is 0 Å². The average Bonchev–Trinajstić information content (AvgIpc) is 2.25. The van der Waals surface area contributed by atoms with Crippen LogP contribution in [0.3, 0.4) is 0 Å². The zero-order valence-corrected chi connectivity index (χ0v) is 12.7. The van der Waals surface area contributed by atoms with E-state index in [2.05, 4.69) is 9.80 Å². The lowest BCUT2D eigenvalue weighted by molar-refractivity contribution is -0.155. The second-order valence-corrected chi connectivity index (χ2v) is 6.33. The SMILES string of the molecule is CC(O)CN1CCN(CCC(=O)OC(C)(C)C)CC1. The van der Waals surface area contributed by atoms with E-state index < -0.39 is 5.60 Å². The molecule has 1 saturated heterocycles. The van der Waals surface area contributed by atoms with Crippen LogP contribution in [0.2, 0.25) is 0 Å². The third-order valence-corrected chi connectivity index (χ3v) is 3.04. The standard InChI is InChI=1S/C14H28N2O3/c1-12(17)11-16-9-7-15(8-10-16)6-5-13(18)19-14(2,3)4/h12,17H,5-11H2,1-4H3. The van der Waals surface area contributed by atoms with Crippen molar-refractivity contribution in [3.05, 3.63) is 0 Å². The lowest BCUT2D eigenvalue weighted by Gasteiger charge is -2.35. The number of nitrogens with zero attached hydrogens (tertiary/aromatic N) is 2. The Balaban J connectivity index is 2.17. The number of esters is 1. The molecule has 0 saturated carbocycles. The Labute approximate surface area is 116 Å². The van der Waals surface area contributed by atoms with Crippen LogP contribution in [0.25, 0.3) is 0 Å². The number of piperazine rings is 1. The smallest absolute Gasteiger partial charge is 0.307 e. The highest BCUT2D eigenvalue weighted by atomic mass is 16.6. The van der Waals surface area contributed by atoms with E-state index in [1.165, 1.54) is 0 Å². The van der Waals surface area contributed by atoms with Crippen LogP contribution in [-0.2, 0) is 9.53 Å². The summed E-state index contributed by atoms with van der Waals surface area (Å²) in [6.45, 7) is 12.8. The first-order chi connectivity index (χ1) is 8.76. The Kier molecular flexibility index (Phi) is 6.23. The molecule has 1 aliphatic heterocycles. The van der Waals surface area contributed by atoms with Gasteiger partial charge >= 0.3 is 5.97 Å². The molecular formula is C14H28N2O3. The number of carbonyl (C=O) groups excluding carboxylic acids is 1. The van der Waals surface area contributed by atoms with Gasteiger partial charge in [0.1, 0.15) is 5.60 Å². The molecule has 1 fully saturated rings. The zero-order valence-electron chi connectivity index (χ0n) is 12.7. The van der Waals surface area contributed by atoms with Crippen molar-refractivity contribution in [3.63, 3.8) is 0 Å². The van der Waals surface area contributed by atoms with Crippen LogP contribution >= 0.6 is 0 Å². The number of ether oxygens (including phenoxy) is 1. The lowest BCUT2D eigenvalue weighted by Crippen LogP contribution is -2.48. The third-order valence-electron chi connectivity index (χ3n) is 3.04. The van der Waals surface area contributed by atoms with Crippen molar-refractivity contribution in [1.29, 1.82) is 0 Å². The molecule has 5 nitrogen and oxygen atoms in total. The van der Waals surface area contributed by atoms with Crippen molar-refractivity contribution in [3.8, 4) is 0 Å². The number of hydrogen-bond donors (Lipinski definition) is 1. The van der Waals surface area contributed by atoms with Gasteiger partial charge in [-0.2, -0.15) is 0 Å². The second-order valence-electron chi connectivity index (χ2n) is 6.33. The fourth-order valence-corrected chi connectivity index (χ4v) is 2.21. The summed E-state index contributed by atoms with van der Waals surface area (Å²) in [6.07, 6.45) is 0.182. The first kappa shape index (κ1) is 16.4. The molecule has 1 N–H and O–H groups in total. The molecule has 0 bridgehead atoms. The molecule has 1 aliphatic rings. The number of aliphatic hydroxyl groups excluding tert-OH is 1. The van der Waals surface area contributed by atoms with E-state index in [0.717, 1.165) is 39.3 Å². The summed E-state index contributed by atoms with van der Waals surface area (Å²) in [5.74, 6) is -0.126. The molecule has 1 rings (SSSR count). The van der Waals surface area contributed by atoms with Crippen molar-refractivity contribution in [1.82, 2.24) is 9.80 Å². The van der Waals surface area contributed by atoms with Crippen molar-refractivity contribution in [2.45, 2.75) is 45.8 Å². The van der Waals surface area contributed by atoms with Crippen LogP contribution in [-0.4, -0.2) is 71.8 Å². The van der Waals surface area contributed by atoms with Gasteiger partial charge in [-0.05, 0) is 27.7 Å². The van der Waals surface area contributed by atoms with Crippen LogP contribution in [0.5, 0.6) is 0 Å². The number of aliphatic hydroxyl groups is 1. The van der Waals surface area contributed by atoms with Crippen molar-refractivity contribution in [2.75, 3.05) is 39.3 Å². The van der Waals surface area contributed by atoms with Gasteiger partial charge < -0.3 is 14.7 Å². The maximum atomic E-state index is 11.6. The predicted octanol–water partition coefficient (Wildman–Crippen LogP) is 0.717. The molecular weight excluding hydrogens is 244 g/mol. The van der Waals surface area contributed by atoms with E-state index in [1.54, 1.807) is 0 Å². The molecule has 0 aromatic carbocycles. The van der Waals surface area contributed by atoms with Gasteiger partial charge in [-0.1, -0.05) is 0 Å². The monoisotopic (exact) mass is 272 g/mol. The van der Waals surface area contributed by atoms with E-state index in [1.807, 2.05) is 27.7 Å². The molecule has 112 valence electrons. The van der Waals surface area contributed by atoms with Crippen LogP contribution in [0.1, 0.15) is 34.1 Å². The molecule has 0 radical (unpaired) electrons. The summed E-state index contributed by atoms with van der Waals surface area (Å²) < 4.78 is 5.29. The first-order valence-corrected chi connectivity index (χ1v) is 7.11. The summed E-state index contributed by atoms with van der Waals surface area (Å²) in [6, 6.07) is 0. The van der Waals surface area contributed by atoms with E-state index in [9.17, 15) is 9.90 Å². The molecule has 19 heavy (non-hydrogen) atoms. The average molecular weight is 272 g/mol. The number of β-amino-alcohol motifs (C(OH)–C–C–N with tert-alkyl or cyclic N) is 1. The maximum Gasteiger partial charge on any atom is 0.307 e. The summed E-state index contributed by atoms with van der Waals surface area (Å²) in [7, 11) is 0. The highest BCUT2D eigenvalue weighted by molar-refractivity contribution is 5.70. The minimum Gasteiger partial charge on any atom is -0.460 e. The lowest BCUT2D eigenvalue weighted by atomic mass is 10.2. The van der Waals surface area contributed by atoms with Crippen LogP contribution < -0.4 is 0 Å². The van der Waals surface area contributed by atoms with Crippen molar-refractivity contribution >= 4 is 5.97 Å². The Hall–Kier alpha value is -0.650. The topological polar surface area (TPSA) is 53.0 Å². The van der Waals surface area contributed by atoms with Gasteiger partial charge in [-0.15, -0.1) is 0 Å². The van der Waals surface area contributed by atoms with Crippen molar-refractivity contribution in [2.24, 2.45) is 0 Å². The van der Waals surface area contributed by atoms with E-state index in [4.69, 9.17) is 4.74 Å². The minimum absolute atomic E-state index is 0.126. The molecule has 5 heteroatoms. The molecule has 0 amide bonds. The zero-order chi connectivity index (χ0) is 14.5. The van der Waals surface area contributed by atoms with Gasteiger partial charge in [0.25, 0.3) is 0 Å². The molecule has 1 unspecified atom stereocenters. The minimum atomic E-state index is -0.396. The Morgan fingerprint density at radius 2 is 1.74 bits per heavy atom.